The number of hydrogen-bond acceptors (Lipinski definition) is 2. The predicted molar refractivity (Wildman–Crippen MR) is 248 cm³/mol. The molecule has 0 saturated carbocycles. The number of anilines is 3. The largest absolute Gasteiger partial charge is 0.456 e. The molecule has 0 amide bonds. The SMILES string of the molecule is c1ccc2c(N(c3ccc(-c4ccc5c(c4)oc4ccccc45)cc3)c3cc4cccc5c6cccc7ccc8cccc(c9cccc3c9c45)c8c76)cccc2c1. The van der Waals surface area contributed by atoms with Crippen molar-refractivity contribution in [3.8, 4) is 11.1 Å². The Balaban J connectivity index is 1.11. The Morgan fingerprint density at radius 2 is 0.793 bits per heavy atom. The third-order valence-corrected chi connectivity index (χ3v) is 12.5. The second kappa shape index (κ2) is 11.9. The van der Waals surface area contributed by atoms with E-state index in [1.54, 1.807) is 0 Å². The molecule has 0 saturated heterocycles. The van der Waals surface area contributed by atoms with Gasteiger partial charge in [0.1, 0.15) is 11.2 Å². The van der Waals surface area contributed by atoms with Gasteiger partial charge in [0.15, 0.2) is 0 Å². The van der Waals surface area contributed by atoms with Crippen LogP contribution < -0.4 is 4.90 Å². The Morgan fingerprint density at radius 1 is 0.276 bits per heavy atom. The highest BCUT2D eigenvalue weighted by molar-refractivity contribution is 6.38. The van der Waals surface area contributed by atoms with Crippen molar-refractivity contribution in [2.24, 2.45) is 0 Å². The molecule has 13 aromatic rings. The maximum Gasteiger partial charge on any atom is 0.136 e. The van der Waals surface area contributed by atoms with Crippen molar-refractivity contribution in [1.82, 2.24) is 0 Å². The number of rotatable bonds is 4. The van der Waals surface area contributed by atoms with Crippen molar-refractivity contribution < 1.29 is 4.42 Å². The number of benzene rings is 11. The van der Waals surface area contributed by atoms with E-state index in [-0.39, 0.29) is 0 Å². The van der Waals surface area contributed by atoms with E-state index < -0.39 is 0 Å². The molecule has 268 valence electrons. The third kappa shape index (κ3) is 4.43. The average Bonchev–Trinajstić information content (AvgIpc) is 3.66. The summed E-state index contributed by atoms with van der Waals surface area (Å²) < 4.78 is 6.29. The van der Waals surface area contributed by atoms with Crippen molar-refractivity contribution >= 4 is 114 Å². The monoisotopic (exact) mass is 735 g/mol. The van der Waals surface area contributed by atoms with Gasteiger partial charge >= 0.3 is 0 Å². The summed E-state index contributed by atoms with van der Waals surface area (Å²) in [5, 5.41) is 20.0. The van der Waals surface area contributed by atoms with Crippen LogP contribution in [0.2, 0.25) is 0 Å². The van der Waals surface area contributed by atoms with Crippen LogP contribution >= 0.6 is 0 Å². The first-order chi connectivity index (χ1) is 28.8. The van der Waals surface area contributed by atoms with Gasteiger partial charge in [-0.2, -0.15) is 0 Å². The molecule has 0 atom stereocenters. The molecule has 0 spiro atoms. The Morgan fingerprint density at radius 3 is 1.55 bits per heavy atom. The molecule has 13 rings (SSSR count). The van der Waals surface area contributed by atoms with Crippen LogP contribution in [0.25, 0.3) is 108 Å². The van der Waals surface area contributed by atoms with Crippen molar-refractivity contribution in [1.29, 1.82) is 0 Å². The van der Waals surface area contributed by atoms with Gasteiger partial charge in [-0.25, -0.2) is 0 Å². The molecule has 0 aliphatic rings. The Hall–Kier alpha value is -7.68. The number of furan rings is 1. The smallest absolute Gasteiger partial charge is 0.136 e. The fourth-order valence-corrected chi connectivity index (χ4v) is 9.99. The summed E-state index contributed by atoms with van der Waals surface area (Å²) in [5.74, 6) is 0. The van der Waals surface area contributed by atoms with Crippen LogP contribution in [0, 0.1) is 0 Å². The van der Waals surface area contributed by atoms with Gasteiger partial charge in [-0.3, -0.25) is 0 Å². The van der Waals surface area contributed by atoms with Crippen LogP contribution in [0.3, 0.4) is 0 Å². The van der Waals surface area contributed by atoms with Gasteiger partial charge in [-0.1, -0.05) is 158 Å². The van der Waals surface area contributed by atoms with Crippen molar-refractivity contribution in [2.45, 2.75) is 0 Å². The number of fused-ring (bicyclic) bond motifs is 6. The van der Waals surface area contributed by atoms with Gasteiger partial charge in [0.2, 0.25) is 0 Å². The normalized spacial score (nSPS) is 12.1. The number of nitrogens with zero attached hydrogens (tertiary/aromatic N) is 1. The zero-order chi connectivity index (χ0) is 37.9. The topological polar surface area (TPSA) is 16.4 Å². The molecule has 2 heteroatoms. The fourth-order valence-electron chi connectivity index (χ4n) is 9.99. The Labute approximate surface area is 333 Å². The highest BCUT2D eigenvalue weighted by atomic mass is 16.3. The Bertz CT molecular complexity index is 3790. The van der Waals surface area contributed by atoms with Gasteiger partial charge in [0.05, 0.1) is 11.4 Å². The summed E-state index contributed by atoms with van der Waals surface area (Å²) in [5.41, 5.74) is 7.47. The minimum Gasteiger partial charge on any atom is -0.456 e. The summed E-state index contributed by atoms with van der Waals surface area (Å²) in [4.78, 5) is 2.48. The van der Waals surface area contributed by atoms with Crippen LogP contribution in [0.15, 0.2) is 205 Å². The van der Waals surface area contributed by atoms with E-state index in [9.17, 15) is 0 Å². The maximum atomic E-state index is 6.29. The second-order valence-corrected chi connectivity index (χ2v) is 15.6. The first-order valence-electron chi connectivity index (χ1n) is 20.0. The summed E-state index contributed by atoms with van der Waals surface area (Å²) >= 11 is 0. The molecule has 1 aromatic heterocycles. The van der Waals surface area contributed by atoms with Crippen molar-refractivity contribution in [3.63, 3.8) is 0 Å². The summed E-state index contributed by atoms with van der Waals surface area (Å²) in [6, 6.07) is 73.6. The van der Waals surface area contributed by atoms with E-state index in [2.05, 4.69) is 193 Å². The van der Waals surface area contributed by atoms with Crippen LogP contribution in [0.1, 0.15) is 0 Å². The fraction of sp³-hybridized carbons (Fsp3) is 0. The van der Waals surface area contributed by atoms with Gasteiger partial charge in [0, 0.05) is 32.6 Å². The molecule has 0 unspecified atom stereocenters. The lowest BCUT2D eigenvalue weighted by molar-refractivity contribution is 0.669. The molecule has 0 fully saturated rings. The van der Waals surface area contributed by atoms with E-state index in [1.165, 1.54) is 75.4 Å². The molecule has 0 N–H and O–H groups in total. The van der Waals surface area contributed by atoms with Crippen molar-refractivity contribution in [2.75, 3.05) is 4.90 Å². The summed E-state index contributed by atoms with van der Waals surface area (Å²) in [7, 11) is 0. The lowest BCUT2D eigenvalue weighted by Crippen LogP contribution is -2.11. The second-order valence-electron chi connectivity index (χ2n) is 15.6. The molecular weight excluding hydrogens is 703 g/mol. The Kier molecular flexibility index (Phi) is 6.47. The van der Waals surface area contributed by atoms with Gasteiger partial charge in [-0.05, 0) is 113 Å². The highest BCUT2D eigenvalue weighted by Gasteiger charge is 2.22. The molecule has 12 aromatic carbocycles. The lowest BCUT2D eigenvalue weighted by Gasteiger charge is -2.29. The quantitative estimate of drug-likeness (QED) is 0.167. The zero-order valence-electron chi connectivity index (χ0n) is 31.4. The standard InChI is InChI=1S/C56H33NO/c1-2-15-41-35(10-1)11-8-22-49(41)57(40-29-26-34(27-30-40)38-28-31-43-42-16-3-4-23-51(42)58-52(43)33-38)50-32-39-14-7-19-45-44-17-5-12-36-24-25-37-13-6-18-46(54(37)53(36)44)47-20-9-21-48(50)56(47)55(39)45/h1-33H. The number of hydrogen-bond donors (Lipinski definition) is 0. The molecule has 0 aliphatic heterocycles. The first-order valence-corrected chi connectivity index (χ1v) is 20.0. The summed E-state index contributed by atoms with van der Waals surface area (Å²) in [6.07, 6.45) is 0. The van der Waals surface area contributed by atoms with E-state index >= 15 is 0 Å². The summed E-state index contributed by atoms with van der Waals surface area (Å²) in [6.45, 7) is 0. The van der Waals surface area contributed by atoms with Crippen molar-refractivity contribution in [3.05, 3.63) is 200 Å². The molecule has 0 radical (unpaired) electrons. The highest BCUT2D eigenvalue weighted by Crippen LogP contribution is 2.49. The molecule has 58 heavy (non-hydrogen) atoms. The van der Waals surface area contributed by atoms with Gasteiger partial charge in [-0.15, -0.1) is 0 Å². The lowest BCUT2D eigenvalue weighted by atomic mass is 9.87. The molecule has 0 aliphatic carbocycles. The van der Waals surface area contributed by atoms with Gasteiger partial charge in [0.25, 0.3) is 0 Å². The molecule has 2 nitrogen and oxygen atoms in total. The van der Waals surface area contributed by atoms with E-state index in [0.29, 0.717) is 0 Å². The first kappa shape index (κ1) is 31.5. The molecule has 1 heterocycles. The van der Waals surface area contributed by atoms with E-state index in [0.717, 1.165) is 50.1 Å². The third-order valence-electron chi connectivity index (χ3n) is 12.5. The van der Waals surface area contributed by atoms with E-state index in [4.69, 9.17) is 4.42 Å². The van der Waals surface area contributed by atoms with Crippen LogP contribution in [0.5, 0.6) is 0 Å². The molecular formula is C56H33NO. The maximum absolute atomic E-state index is 6.29. The minimum absolute atomic E-state index is 0.903. The zero-order valence-corrected chi connectivity index (χ0v) is 31.4. The van der Waals surface area contributed by atoms with Crippen LogP contribution in [0.4, 0.5) is 17.1 Å². The van der Waals surface area contributed by atoms with Gasteiger partial charge < -0.3 is 9.32 Å². The molecule has 0 bridgehead atoms. The minimum atomic E-state index is 0.903. The average molecular weight is 736 g/mol. The van der Waals surface area contributed by atoms with Crippen LogP contribution in [-0.2, 0) is 0 Å². The van der Waals surface area contributed by atoms with Crippen LogP contribution in [-0.4, -0.2) is 0 Å². The number of para-hydroxylation sites is 1. The predicted octanol–water partition coefficient (Wildman–Crippen LogP) is 16.2. The van der Waals surface area contributed by atoms with E-state index in [1.807, 2.05) is 12.1 Å².